The van der Waals surface area contributed by atoms with E-state index in [9.17, 15) is 9.90 Å². The number of carbonyl (C=O) groups is 1. The summed E-state index contributed by atoms with van der Waals surface area (Å²) in [6, 6.07) is 7.77. The smallest absolute Gasteiger partial charge is 0.412 e. The van der Waals surface area contributed by atoms with Gasteiger partial charge in [-0.1, -0.05) is 12.1 Å². The number of halogens is 1. The van der Waals surface area contributed by atoms with Crippen molar-refractivity contribution in [3.8, 4) is 0 Å². The van der Waals surface area contributed by atoms with Crippen LogP contribution in [0.25, 0.3) is 0 Å². The van der Waals surface area contributed by atoms with Crippen molar-refractivity contribution in [2.45, 2.75) is 32.2 Å². The van der Waals surface area contributed by atoms with Crippen LogP contribution in [0.4, 0.5) is 10.5 Å². The summed E-state index contributed by atoms with van der Waals surface area (Å²) in [5.41, 5.74) is 1.90. The van der Waals surface area contributed by atoms with Crippen LogP contribution in [0.15, 0.2) is 41.3 Å². The largest absolute Gasteiger partial charge is 0.465 e. The van der Waals surface area contributed by atoms with Gasteiger partial charge in [0.05, 0.1) is 12.7 Å². The summed E-state index contributed by atoms with van der Waals surface area (Å²) in [7, 11) is 0. The highest BCUT2D eigenvalue weighted by Crippen LogP contribution is 2.22. The van der Waals surface area contributed by atoms with Crippen LogP contribution in [0, 0.1) is 5.92 Å². The zero-order valence-electron chi connectivity index (χ0n) is 14.1. The van der Waals surface area contributed by atoms with E-state index >= 15 is 0 Å². The van der Waals surface area contributed by atoms with Crippen LogP contribution in [0.1, 0.15) is 30.6 Å². The van der Waals surface area contributed by atoms with Gasteiger partial charge in [-0.25, -0.2) is 9.78 Å². The lowest BCUT2D eigenvalue weighted by Gasteiger charge is -2.22. The Labute approximate surface area is 153 Å². The first kappa shape index (κ1) is 19.3. The number of piperidine rings is 1. The molecule has 0 atom stereocenters. The fourth-order valence-electron chi connectivity index (χ4n) is 3.13. The lowest BCUT2D eigenvalue weighted by atomic mass is 9.91. The second-order valence-corrected chi connectivity index (χ2v) is 6.23. The molecule has 1 aliphatic rings. The summed E-state index contributed by atoms with van der Waals surface area (Å²) in [4.78, 5) is 16.6. The molecule has 2 N–H and O–H groups in total. The van der Waals surface area contributed by atoms with Gasteiger partial charge in [-0.05, 0) is 62.4 Å². The molecule has 6 nitrogen and oxygen atoms in total. The monoisotopic (exact) mass is 365 g/mol. The molecule has 2 aromatic rings. The number of aryl methyl sites for hydroxylation is 1. The number of rotatable bonds is 6. The van der Waals surface area contributed by atoms with Gasteiger partial charge in [0, 0.05) is 5.69 Å². The molecule has 7 heteroatoms. The average Bonchev–Trinajstić information content (AvgIpc) is 3.12. The van der Waals surface area contributed by atoms with Crippen molar-refractivity contribution in [1.82, 2.24) is 10.3 Å². The van der Waals surface area contributed by atoms with Crippen LogP contribution < -0.4 is 10.2 Å². The van der Waals surface area contributed by atoms with Gasteiger partial charge in [-0.15, -0.1) is 12.4 Å². The van der Waals surface area contributed by atoms with Gasteiger partial charge in [0.25, 0.3) is 0 Å². The van der Waals surface area contributed by atoms with E-state index in [0.29, 0.717) is 11.4 Å². The molecule has 0 aliphatic carbocycles. The van der Waals surface area contributed by atoms with Crippen molar-refractivity contribution < 1.29 is 14.3 Å². The molecule has 1 fully saturated rings. The molecule has 0 radical (unpaired) electrons. The Kier molecular flexibility index (Phi) is 7.28. The summed E-state index contributed by atoms with van der Waals surface area (Å²) in [5.74, 6) is 1.32. The Morgan fingerprint density at radius 2 is 2.00 bits per heavy atom. The molecular formula is C18H24ClN3O3. The summed E-state index contributed by atoms with van der Waals surface area (Å²) in [6.07, 6.45) is 6.57. The summed E-state index contributed by atoms with van der Waals surface area (Å²) in [6.45, 7) is 2.40. The Morgan fingerprint density at radius 3 is 2.60 bits per heavy atom. The van der Waals surface area contributed by atoms with Crippen LogP contribution in [0.3, 0.4) is 0 Å². The first-order chi connectivity index (χ1) is 11.7. The third-order valence-corrected chi connectivity index (χ3v) is 4.58. The standard InChI is InChI=1S/C18H23N3O3.ClH/c22-18(23)21(12-17-11-20-13-24-17)16-5-3-14(4-6-16)1-2-15-7-9-19-10-8-15;/h3-6,11,13,15,19H,1-2,7-10,12H2,(H,22,23);1H. The van der Waals surface area contributed by atoms with Gasteiger partial charge < -0.3 is 14.8 Å². The van der Waals surface area contributed by atoms with Crippen LogP contribution in [-0.2, 0) is 13.0 Å². The number of hydrogen-bond donors (Lipinski definition) is 2. The second kappa shape index (κ2) is 9.44. The number of oxazole rings is 1. The second-order valence-electron chi connectivity index (χ2n) is 6.23. The topological polar surface area (TPSA) is 78.6 Å². The number of benzene rings is 1. The Morgan fingerprint density at radius 1 is 1.28 bits per heavy atom. The van der Waals surface area contributed by atoms with Crippen LogP contribution in [0.5, 0.6) is 0 Å². The fraction of sp³-hybridized carbons (Fsp3) is 0.444. The minimum Gasteiger partial charge on any atom is -0.465 e. The van der Waals surface area contributed by atoms with Crippen molar-refractivity contribution in [2.24, 2.45) is 5.92 Å². The first-order valence-electron chi connectivity index (χ1n) is 8.40. The number of carboxylic acid groups (broad SMARTS) is 1. The number of nitrogens with one attached hydrogen (secondary N) is 1. The van der Waals surface area contributed by atoms with Crippen molar-refractivity contribution in [3.05, 3.63) is 48.2 Å². The molecule has 0 spiro atoms. The molecule has 1 saturated heterocycles. The van der Waals surface area contributed by atoms with Gasteiger partial charge in [-0.2, -0.15) is 0 Å². The molecule has 136 valence electrons. The van der Waals surface area contributed by atoms with E-state index in [1.165, 1.54) is 42.3 Å². The Balaban J connectivity index is 0.00000225. The lowest BCUT2D eigenvalue weighted by Crippen LogP contribution is -2.28. The fourth-order valence-corrected chi connectivity index (χ4v) is 3.13. The van der Waals surface area contributed by atoms with Gasteiger partial charge in [0.15, 0.2) is 6.39 Å². The normalized spacial score (nSPS) is 14.7. The summed E-state index contributed by atoms with van der Waals surface area (Å²) < 4.78 is 5.14. The lowest BCUT2D eigenvalue weighted by molar-refractivity contribution is 0.200. The molecule has 3 rings (SSSR count). The van der Waals surface area contributed by atoms with E-state index in [1.807, 2.05) is 24.3 Å². The zero-order valence-corrected chi connectivity index (χ0v) is 14.9. The van der Waals surface area contributed by atoms with Crippen LogP contribution in [0.2, 0.25) is 0 Å². The summed E-state index contributed by atoms with van der Waals surface area (Å²) in [5, 5.41) is 12.8. The van der Waals surface area contributed by atoms with Gasteiger partial charge in [-0.3, -0.25) is 4.90 Å². The predicted octanol–water partition coefficient (Wildman–Crippen LogP) is 3.71. The minimum atomic E-state index is -1.01. The van der Waals surface area contributed by atoms with E-state index < -0.39 is 6.09 Å². The maximum atomic E-state index is 11.5. The number of anilines is 1. The van der Waals surface area contributed by atoms with E-state index in [2.05, 4.69) is 10.3 Å². The molecule has 1 aliphatic heterocycles. The third-order valence-electron chi connectivity index (χ3n) is 4.58. The van der Waals surface area contributed by atoms with Crippen molar-refractivity contribution >= 4 is 24.2 Å². The highest BCUT2D eigenvalue weighted by Gasteiger charge is 2.17. The van der Waals surface area contributed by atoms with Crippen LogP contribution >= 0.6 is 12.4 Å². The molecule has 1 amide bonds. The zero-order chi connectivity index (χ0) is 16.8. The molecule has 0 bridgehead atoms. The third kappa shape index (κ3) is 5.47. The molecule has 0 unspecified atom stereocenters. The maximum absolute atomic E-state index is 11.5. The molecular weight excluding hydrogens is 342 g/mol. The van der Waals surface area contributed by atoms with E-state index in [0.717, 1.165) is 25.4 Å². The minimum absolute atomic E-state index is 0. The van der Waals surface area contributed by atoms with E-state index in [1.54, 1.807) is 0 Å². The molecule has 2 heterocycles. The quantitative estimate of drug-likeness (QED) is 0.815. The Hall–Kier alpha value is -2.05. The molecule has 0 saturated carbocycles. The highest BCUT2D eigenvalue weighted by atomic mass is 35.5. The van der Waals surface area contributed by atoms with Gasteiger partial charge in [0.2, 0.25) is 0 Å². The number of aromatic nitrogens is 1. The SMILES string of the molecule is Cl.O=C(O)N(Cc1cnco1)c1ccc(CCC2CCNCC2)cc1. The van der Waals surface area contributed by atoms with Crippen molar-refractivity contribution in [3.63, 3.8) is 0 Å². The van der Waals surface area contributed by atoms with Crippen LogP contribution in [-0.4, -0.2) is 29.3 Å². The van der Waals surface area contributed by atoms with Gasteiger partial charge >= 0.3 is 6.09 Å². The molecule has 25 heavy (non-hydrogen) atoms. The van der Waals surface area contributed by atoms with E-state index in [4.69, 9.17) is 4.42 Å². The average molecular weight is 366 g/mol. The summed E-state index contributed by atoms with van der Waals surface area (Å²) >= 11 is 0. The Bertz CT molecular complexity index is 640. The number of nitrogens with zero attached hydrogens (tertiary/aromatic N) is 2. The predicted molar refractivity (Wildman–Crippen MR) is 98.3 cm³/mol. The first-order valence-corrected chi connectivity index (χ1v) is 8.40. The van der Waals surface area contributed by atoms with Crippen molar-refractivity contribution in [1.29, 1.82) is 0 Å². The maximum Gasteiger partial charge on any atom is 0.412 e. The molecule has 1 aromatic carbocycles. The highest BCUT2D eigenvalue weighted by molar-refractivity contribution is 5.86. The van der Waals surface area contributed by atoms with E-state index in [-0.39, 0.29) is 19.0 Å². The number of amides is 1. The van der Waals surface area contributed by atoms with Crippen molar-refractivity contribution in [2.75, 3.05) is 18.0 Å². The molecule has 1 aromatic heterocycles. The number of hydrogen-bond acceptors (Lipinski definition) is 4. The van der Waals surface area contributed by atoms with Gasteiger partial charge in [0.1, 0.15) is 5.76 Å².